The molecule has 4 heterocycles. The van der Waals surface area contributed by atoms with Crippen LogP contribution < -0.4 is 0 Å². The van der Waals surface area contributed by atoms with Gasteiger partial charge in [0.1, 0.15) is 33.5 Å². The number of hydrogen-bond donors (Lipinski definition) is 0. The lowest BCUT2D eigenvalue weighted by molar-refractivity contribution is 0.668. The Balaban J connectivity index is 1.04. The van der Waals surface area contributed by atoms with Gasteiger partial charge in [0.25, 0.3) is 0 Å². The molecule has 0 radical (unpaired) electrons. The van der Waals surface area contributed by atoms with E-state index in [4.69, 9.17) is 28.2 Å². The van der Waals surface area contributed by atoms with Crippen LogP contribution in [0, 0.1) is 0 Å². The van der Waals surface area contributed by atoms with E-state index in [1.54, 1.807) is 0 Å². The van der Waals surface area contributed by atoms with Crippen LogP contribution in [0.3, 0.4) is 0 Å². The third kappa shape index (κ3) is 5.26. The second kappa shape index (κ2) is 13.1. The molecule has 0 saturated carbocycles. The molecule has 0 aliphatic heterocycles. The van der Waals surface area contributed by atoms with Crippen molar-refractivity contribution in [2.75, 3.05) is 0 Å². The highest BCUT2D eigenvalue weighted by Crippen LogP contribution is 2.46. The summed E-state index contributed by atoms with van der Waals surface area (Å²) in [5.74, 6) is 1.75. The fourth-order valence-electron chi connectivity index (χ4n) is 9.17. The smallest absolute Gasteiger partial charge is 0.164 e. The van der Waals surface area contributed by atoms with Gasteiger partial charge in [-0.1, -0.05) is 133 Å². The number of aromatic nitrogens is 3. The average molecular weight is 782 g/mol. The van der Waals surface area contributed by atoms with Crippen molar-refractivity contribution in [3.8, 4) is 56.4 Å². The van der Waals surface area contributed by atoms with Gasteiger partial charge < -0.3 is 13.3 Å². The molecule has 0 aliphatic rings. The van der Waals surface area contributed by atoms with Gasteiger partial charge in [0.05, 0.1) is 0 Å². The second-order valence-electron chi connectivity index (χ2n) is 15.5. The van der Waals surface area contributed by atoms with Crippen LogP contribution >= 0.6 is 0 Å². The second-order valence-corrected chi connectivity index (χ2v) is 15.5. The van der Waals surface area contributed by atoms with Gasteiger partial charge in [0.15, 0.2) is 17.5 Å². The number of nitrogens with zero attached hydrogens (tertiary/aromatic N) is 3. The van der Waals surface area contributed by atoms with E-state index in [1.807, 2.05) is 84.9 Å². The highest BCUT2D eigenvalue weighted by atomic mass is 16.3. The van der Waals surface area contributed by atoms with E-state index in [0.717, 1.165) is 116 Å². The maximum Gasteiger partial charge on any atom is 0.164 e. The monoisotopic (exact) mass is 781 g/mol. The Morgan fingerprint density at radius 1 is 0.246 bits per heavy atom. The van der Waals surface area contributed by atoms with Gasteiger partial charge in [0.2, 0.25) is 0 Å². The standard InChI is InChI=1S/C55H31N3O3/c1-2-13-32(14-3-1)53-56-54(33-25-26-40-39-17-6-9-21-45(39)60-49(40)30-33)58-55(57-53)41-28-27-38(36-15-4-5-16-37(36)41)44-29-34(31-50-52(44)43-19-8-11-23-47(43)61-50)35-20-12-24-48-51(35)42-18-7-10-22-46(42)59-48/h1-31H. The van der Waals surface area contributed by atoms with E-state index in [2.05, 4.69) is 103 Å². The summed E-state index contributed by atoms with van der Waals surface area (Å²) < 4.78 is 19.3. The minimum Gasteiger partial charge on any atom is -0.456 e. The Bertz CT molecular complexity index is 3900. The minimum atomic E-state index is 0.569. The molecule has 6 nitrogen and oxygen atoms in total. The molecule has 0 saturated heterocycles. The maximum absolute atomic E-state index is 6.66. The molecule has 0 bridgehead atoms. The van der Waals surface area contributed by atoms with Crippen molar-refractivity contribution >= 4 is 76.6 Å². The number of furan rings is 3. The summed E-state index contributed by atoms with van der Waals surface area (Å²) >= 11 is 0. The zero-order valence-electron chi connectivity index (χ0n) is 32.5. The highest BCUT2D eigenvalue weighted by molar-refractivity contribution is 6.19. The largest absolute Gasteiger partial charge is 0.456 e. The van der Waals surface area contributed by atoms with Crippen LogP contribution in [-0.2, 0) is 0 Å². The number of fused-ring (bicyclic) bond motifs is 10. The molecule has 0 atom stereocenters. The summed E-state index contributed by atoms with van der Waals surface area (Å²) in [6, 6.07) is 64.5. The normalized spacial score (nSPS) is 11.9. The third-order valence-corrected chi connectivity index (χ3v) is 12.0. The summed E-state index contributed by atoms with van der Waals surface area (Å²) in [4.78, 5) is 15.4. The lowest BCUT2D eigenvalue weighted by Gasteiger charge is -2.15. The Morgan fingerprint density at radius 2 is 0.754 bits per heavy atom. The first-order valence-corrected chi connectivity index (χ1v) is 20.3. The maximum atomic E-state index is 6.66. The first-order valence-electron chi connectivity index (χ1n) is 20.3. The van der Waals surface area contributed by atoms with E-state index < -0.39 is 0 Å². The predicted octanol–water partition coefficient (Wildman–Crippen LogP) is 15.1. The minimum absolute atomic E-state index is 0.569. The third-order valence-electron chi connectivity index (χ3n) is 12.0. The molecule has 0 unspecified atom stereocenters. The van der Waals surface area contributed by atoms with Gasteiger partial charge in [-0.05, 0) is 87.6 Å². The summed E-state index contributed by atoms with van der Waals surface area (Å²) in [6.07, 6.45) is 0. The Morgan fingerprint density at radius 3 is 1.51 bits per heavy atom. The van der Waals surface area contributed by atoms with Crippen LogP contribution in [0.4, 0.5) is 0 Å². The van der Waals surface area contributed by atoms with Crippen LogP contribution in [0.5, 0.6) is 0 Å². The topological polar surface area (TPSA) is 78.1 Å². The quantitative estimate of drug-likeness (QED) is 0.173. The van der Waals surface area contributed by atoms with Gasteiger partial charge in [-0.2, -0.15) is 0 Å². The van der Waals surface area contributed by atoms with Gasteiger partial charge in [-0.15, -0.1) is 0 Å². The molecule has 6 heteroatoms. The van der Waals surface area contributed by atoms with Crippen LogP contribution in [0.1, 0.15) is 0 Å². The van der Waals surface area contributed by atoms with E-state index in [-0.39, 0.29) is 0 Å². The summed E-state index contributed by atoms with van der Waals surface area (Å²) in [5, 5.41) is 8.52. The van der Waals surface area contributed by atoms with Crippen LogP contribution in [0.25, 0.3) is 133 Å². The number of para-hydroxylation sites is 3. The van der Waals surface area contributed by atoms with Gasteiger partial charge in [0, 0.05) is 49.0 Å². The molecule has 284 valence electrons. The molecule has 0 amide bonds. The summed E-state index contributed by atoms with van der Waals surface area (Å²) in [5.41, 5.74) is 12.0. The zero-order valence-corrected chi connectivity index (χ0v) is 32.5. The Hall–Kier alpha value is -8.35. The van der Waals surface area contributed by atoms with Gasteiger partial charge >= 0.3 is 0 Å². The molecule has 4 aromatic heterocycles. The fraction of sp³-hybridized carbons (Fsp3) is 0. The highest BCUT2D eigenvalue weighted by Gasteiger charge is 2.22. The molecule has 13 rings (SSSR count). The van der Waals surface area contributed by atoms with Crippen molar-refractivity contribution in [2.24, 2.45) is 0 Å². The van der Waals surface area contributed by atoms with Crippen molar-refractivity contribution in [1.29, 1.82) is 0 Å². The average Bonchev–Trinajstić information content (AvgIpc) is 4.02. The first-order chi connectivity index (χ1) is 30.2. The van der Waals surface area contributed by atoms with Crippen molar-refractivity contribution in [2.45, 2.75) is 0 Å². The van der Waals surface area contributed by atoms with E-state index in [9.17, 15) is 0 Å². The number of rotatable bonds is 5. The molecule has 9 aromatic carbocycles. The molecule has 0 aliphatic carbocycles. The number of hydrogen-bond acceptors (Lipinski definition) is 6. The number of benzene rings is 9. The van der Waals surface area contributed by atoms with Crippen LogP contribution in [0.15, 0.2) is 201 Å². The van der Waals surface area contributed by atoms with E-state index in [0.29, 0.717) is 17.5 Å². The molecule has 0 N–H and O–H groups in total. The first kappa shape index (κ1) is 33.6. The summed E-state index contributed by atoms with van der Waals surface area (Å²) in [6.45, 7) is 0. The molecule has 0 fully saturated rings. The zero-order chi connectivity index (χ0) is 40.0. The molecular formula is C55H31N3O3. The molecular weight excluding hydrogens is 751 g/mol. The molecule has 61 heavy (non-hydrogen) atoms. The van der Waals surface area contributed by atoms with Crippen molar-refractivity contribution in [1.82, 2.24) is 15.0 Å². The van der Waals surface area contributed by atoms with Crippen molar-refractivity contribution in [3.05, 3.63) is 188 Å². The van der Waals surface area contributed by atoms with Crippen LogP contribution in [-0.4, -0.2) is 15.0 Å². The lowest BCUT2D eigenvalue weighted by atomic mass is 9.89. The fourth-order valence-corrected chi connectivity index (χ4v) is 9.17. The van der Waals surface area contributed by atoms with Gasteiger partial charge in [-0.3, -0.25) is 0 Å². The molecule has 13 aromatic rings. The molecule has 0 spiro atoms. The predicted molar refractivity (Wildman–Crippen MR) is 246 cm³/mol. The van der Waals surface area contributed by atoms with Crippen LogP contribution in [0.2, 0.25) is 0 Å². The van der Waals surface area contributed by atoms with E-state index in [1.165, 1.54) is 0 Å². The van der Waals surface area contributed by atoms with Crippen molar-refractivity contribution in [3.63, 3.8) is 0 Å². The van der Waals surface area contributed by atoms with Gasteiger partial charge in [-0.25, -0.2) is 15.0 Å². The van der Waals surface area contributed by atoms with E-state index >= 15 is 0 Å². The lowest BCUT2D eigenvalue weighted by Crippen LogP contribution is -2.00. The Kier molecular flexibility index (Phi) is 7.21. The summed E-state index contributed by atoms with van der Waals surface area (Å²) in [7, 11) is 0. The Labute approximate surface area is 348 Å². The SMILES string of the molecule is c1ccc(-c2nc(-c3ccc4c(c3)oc3ccccc34)nc(-c3ccc(-c4cc(-c5cccc6oc7ccccc7c56)cc5oc6ccccc6c45)c4ccccc34)n2)cc1. The van der Waals surface area contributed by atoms with Crippen molar-refractivity contribution < 1.29 is 13.3 Å².